The first-order valence-corrected chi connectivity index (χ1v) is 6.52. The van der Waals surface area contributed by atoms with Crippen LogP contribution in [0.3, 0.4) is 0 Å². The molecule has 0 bridgehead atoms. The minimum Gasteiger partial charge on any atom is -0.409 e. The molecule has 0 aliphatic heterocycles. The maximum absolute atomic E-state index is 13.0. The standard InChI is InChI=1S/C13H12BrFN4O/c14-10-6-9(15)3-4-11(10)18-7-8-2-1-5-17-12(8)13(16)19-20/h1-6,18,20H,7H2,(H2,16,19). The summed E-state index contributed by atoms with van der Waals surface area (Å²) in [5.74, 6) is -0.373. The van der Waals surface area contributed by atoms with E-state index < -0.39 is 0 Å². The number of hydrogen-bond acceptors (Lipinski definition) is 4. The highest BCUT2D eigenvalue weighted by molar-refractivity contribution is 9.10. The van der Waals surface area contributed by atoms with Gasteiger partial charge in [-0.25, -0.2) is 4.39 Å². The third kappa shape index (κ3) is 3.24. The van der Waals surface area contributed by atoms with Crippen LogP contribution in [0.2, 0.25) is 0 Å². The van der Waals surface area contributed by atoms with Crippen LogP contribution in [0.15, 0.2) is 46.2 Å². The second-order valence-corrected chi connectivity index (χ2v) is 4.83. The molecule has 1 aromatic carbocycles. The van der Waals surface area contributed by atoms with E-state index in [-0.39, 0.29) is 11.7 Å². The molecule has 4 N–H and O–H groups in total. The summed E-state index contributed by atoms with van der Waals surface area (Å²) in [5.41, 5.74) is 7.47. The van der Waals surface area contributed by atoms with E-state index in [1.165, 1.54) is 12.1 Å². The second-order valence-electron chi connectivity index (χ2n) is 3.97. The van der Waals surface area contributed by atoms with Gasteiger partial charge in [0, 0.05) is 28.5 Å². The van der Waals surface area contributed by atoms with E-state index in [1.54, 1.807) is 18.3 Å². The van der Waals surface area contributed by atoms with Gasteiger partial charge in [-0.2, -0.15) is 0 Å². The molecule has 104 valence electrons. The number of oxime groups is 1. The van der Waals surface area contributed by atoms with Crippen molar-refractivity contribution in [2.75, 3.05) is 5.32 Å². The maximum Gasteiger partial charge on any atom is 0.189 e. The second kappa shape index (κ2) is 6.33. The summed E-state index contributed by atoms with van der Waals surface area (Å²) in [6.45, 7) is 0.406. The minimum absolute atomic E-state index is 0.0550. The van der Waals surface area contributed by atoms with Crippen LogP contribution in [-0.2, 0) is 6.54 Å². The van der Waals surface area contributed by atoms with Crippen molar-refractivity contribution >= 4 is 27.5 Å². The largest absolute Gasteiger partial charge is 0.409 e. The zero-order chi connectivity index (χ0) is 14.5. The highest BCUT2D eigenvalue weighted by Gasteiger charge is 2.08. The first-order chi connectivity index (χ1) is 9.61. The molecule has 2 rings (SSSR count). The van der Waals surface area contributed by atoms with Gasteiger partial charge in [0.15, 0.2) is 5.84 Å². The van der Waals surface area contributed by atoms with E-state index in [0.717, 1.165) is 11.3 Å². The van der Waals surface area contributed by atoms with Crippen LogP contribution in [0.25, 0.3) is 0 Å². The fraction of sp³-hybridized carbons (Fsp3) is 0.0769. The monoisotopic (exact) mass is 338 g/mol. The lowest BCUT2D eigenvalue weighted by Crippen LogP contribution is -2.18. The zero-order valence-electron chi connectivity index (χ0n) is 10.3. The highest BCUT2D eigenvalue weighted by Crippen LogP contribution is 2.23. The van der Waals surface area contributed by atoms with Crippen molar-refractivity contribution in [2.45, 2.75) is 6.54 Å². The summed E-state index contributed by atoms with van der Waals surface area (Å²) < 4.78 is 13.6. The molecule has 0 spiro atoms. The number of hydrogen-bond donors (Lipinski definition) is 3. The molecule has 0 aliphatic carbocycles. The number of pyridine rings is 1. The lowest BCUT2D eigenvalue weighted by atomic mass is 10.1. The Morgan fingerprint density at radius 1 is 1.45 bits per heavy atom. The van der Waals surface area contributed by atoms with Crippen molar-refractivity contribution in [3.05, 3.63) is 58.1 Å². The Morgan fingerprint density at radius 2 is 2.25 bits per heavy atom. The van der Waals surface area contributed by atoms with Crippen molar-refractivity contribution < 1.29 is 9.60 Å². The number of nitrogens with zero attached hydrogens (tertiary/aromatic N) is 2. The molecular weight excluding hydrogens is 327 g/mol. The van der Waals surface area contributed by atoms with Gasteiger partial charge in [-0.1, -0.05) is 11.2 Å². The summed E-state index contributed by atoms with van der Waals surface area (Å²) in [7, 11) is 0. The van der Waals surface area contributed by atoms with Crippen LogP contribution in [0.4, 0.5) is 10.1 Å². The highest BCUT2D eigenvalue weighted by atomic mass is 79.9. The molecule has 20 heavy (non-hydrogen) atoms. The number of benzene rings is 1. The fourth-order valence-corrected chi connectivity index (χ4v) is 2.17. The fourth-order valence-electron chi connectivity index (χ4n) is 1.68. The normalized spacial score (nSPS) is 11.4. The van der Waals surface area contributed by atoms with Crippen LogP contribution < -0.4 is 11.1 Å². The molecule has 7 heteroatoms. The predicted octanol–water partition coefficient (Wildman–Crippen LogP) is 2.69. The number of rotatable bonds is 4. The summed E-state index contributed by atoms with van der Waals surface area (Å²) >= 11 is 3.28. The van der Waals surface area contributed by atoms with Gasteiger partial charge in [0.1, 0.15) is 11.5 Å². The molecule has 0 unspecified atom stereocenters. The van der Waals surface area contributed by atoms with Gasteiger partial charge in [-0.05, 0) is 40.2 Å². The molecule has 0 saturated carbocycles. The molecular formula is C13H12BrFN4O. The third-order valence-corrected chi connectivity index (χ3v) is 3.30. The summed E-state index contributed by atoms with van der Waals surface area (Å²) in [6.07, 6.45) is 1.56. The maximum atomic E-state index is 13.0. The Hall–Kier alpha value is -2.15. The number of anilines is 1. The van der Waals surface area contributed by atoms with Crippen LogP contribution >= 0.6 is 15.9 Å². The van der Waals surface area contributed by atoms with Crippen LogP contribution in [-0.4, -0.2) is 16.0 Å². The van der Waals surface area contributed by atoms with Crippen molar-refractivity contribution in [1.29, 1.82) is 0 Å². The average Bonchev–Trinajstić information content (AvgIpc) is 2.46. The number of halogens is 2. The molecule has 0 atom stereocenters. The third-order valence-electron chi connectivity index (χ3n) is 2.64. The number of aromatic nitrogens is 1. The zero-order valence-corrected chi connectivity index (χ0v) is 11.9. The van der Waals surface area contributed by atoms with E-state index >= 15 is 0 Å². The van der Waals surface area contributed by atoms with Crippen LogP contribution in [0.5, 0.6) is 0 Å². The SMILES string of the molecule is NC(=NO)c1ncccc1CNc1ccc(F)cc1Br. The molecule has 0 aliphatic rings. The first-order valence-electron chi connectivity index (χ1n) is 5.72. The van der Waals surface area contributed by atoms with Gasteiger partial charge in [0.05, 0.1) is 0 Å². The Balaban J connectivity index is 2.19. The minimum atomic E-state index is -0.318. The Labute approximate surface area is 123 Å². The quantitative estimate of drug-likeness (QED) is 0.346. The van der Waals surface area contributed by atoms with Gasteiger partial charge < -0.3 is 16.3 Å². The predicted molar refractivity (Wildman–Crippen MR) is 78.2 cm³/mol. The van der Waals surface area contributed by atoms with E-state index in [2.05, 4.69) is 31.4 Å². The number of amidine groups is 1. The molecule has 2 aromatic rings. The molecule has 0 amide bonds. The van der Waals surface area contributed by atoms with Gasteiger partial charge in [-0.3, -0.25) is 4.98 Å². The van der Waals surface area contributed by atoms with E-state index in [1.807, 2.05) is 6.07 Å². The van der Waals surface area contributed by atoms with E-state index in [0.29, 0.717) is 16.7 Å². The smallest absolute Gasteiger partial charge is 0.189 e. The molecule has 1 aromatic heterocycles. The summed E-state index contributed by atoms with van der Waals surface area (Å²) in [5, 5.41) is 14.8. The summed E-state index contributed by atoms with van der Waals surface area (Å²) in [6, 6.07) is 7.92. The molecule has 1 heterocycles. The topological polar surface area (TPSA) is 83.5 Å². The first kappa shape index (κ1) is 14.3. The van der Waals surface area contributed by atoms with Gasteiger partial charge in [0.2, 0.25) is 0 Å². The van der Waals surface area contributed by atoms with Gasteiger partial charge in [-0.15, -0.1) is 0 Å². The Kier molecular flexibility index (Phi) is 4.52. The molecule has 0 radical (unpaired) electrons. The van der Waals surface area contributed by atoms with Crippen LogP contribution in [0, 0.1) is 5.82 Å². The van der Waals surface area contributed by atoms with Gasteiger partial charge >= 0.3 is 0 Å². The lowest BCUT2D eigenvalue weighted by Gasteiger charge is -2.11. The van der Waals surface area contributed by atoms with E-state index in [4.69, 9.17) is 10.9 Å². The van der Waals surface area contributed by atoms with Crippen LogP contribution in [0.1, 0.15) is 11.3 Å². The number of nitrogens with one attached hydrogen (secondary N) is 1. The van der Waals surface area contributed by atoms with E-state index in [9.17, 15) is 4.39 Å². The summed E-state index contributed by atoms with van der Waals surface area (Å²) in [4.78, 5) is 4.07. The van der Waals surface area contributed by atoms with Gasteiger partial charge in [0.25, 0.3) is 0 Å². The van der Waals surface area contributed by atoms with Crippen molar-refractivity contribution in [1.82, 2.24) is 4.98 Å². The van der Waals surface area contributed by atoms with Crippen molar-refractivity contribution in [2.24, 2.45) is 10.9 Å². The molecule has 5 nitrogen and oxygen atoms in total. The number of nitrogens with two attached hydrogens (primary N) is 1. The van der Waals surface area contributed by atoms with Crippen molar-refractivity contribution in [3.63, 3.8) is 0 Å². The Bertz CT molecular complexity index is 648. The Morgan fingerprint density at radius 3 is 2.95 bits per heavy atom. The van der Waals surface area contributed by atoms with Crippen molar-refractivity contribution in [3.8, 4) is 0 Å². The average molecular weight is 339 g/mol. The lowest BCUT2D eigenvalue weighted by molar-refractivity contribution is 0.318. The molecule has 0 saturated heterocycles. The molecule has 0 fully saturated rings.